The number of carbonyl (C=O) groups excluding carboxylic acids is 1. The van der Waals surface area contributed by atoms with Gasteiger partial charge in [0, 0.05) is 61.8 Å². The van der Waals surface area contributed by atoms with E-state index in [9.17, 15) is 4.79 Å². The highest BCUT2D eigenvalue weighted by molar-refractivity contribution is 6.33. The first-order valence-corrected chi connectivity index (χ1v) is 9.41. The van der Waals surface area contributed by atoms with Crippen molar-refractivity contribution in [2.45, 2.75) is 6.42 Å². The van der Waals surface area contributed by atoms with E-state index in [0.29, 0.717) is 6.42 Å². The molecule has 2 heterocycles. The number of carbonyl (C=O) groups is 1. The van der Waals surface area contributed by atoms with Crippen LogP contribution in [-0.4, -0.2) is 48.4 Å². The average Bonchev–Trinajstić information content (AvgIpc) is 3.11. The van der Waals surface area contributed by atoms with Crippen molar-refractivity contribution in [3.63, 3.8) is 0 Å². The van der Waals surface area contributed by atoms with Crippen LogP contribution in [-0.2, 0) is 0 Å². The Labute approximate surface area is 158 Å². The van der Waals surface area contributed by atoms with Gasteiger partial charge in [0.1, 0.15) is 0 Å². The van der Waals surface area contributed by atoms with E-state index in [1.165, 1.54) is 0 Å². The number of anilines is 1. The van der Waals surface area contributed by atoms with Gasteiger partial charge in [-0.1, -0.05) is 41.9 Å². The maximum Gasteiger partial charge on any atom is 0.166 e. The fourth-order valence-corrected chi connectivity index (χ4v) is 3.87. The molecule has 1 aliphatic heterocycles. The van der Waals surface area contributed by atoms with Gasteiger partial charge in [-0.05, 0) is 18.2 Å². The van der Waals surface area contributed by atoms with Gasteiger partial charge in [-0.25, -0.2) is 0 Å². The Hall–Kier alpha value is -2.30. The zero-order chi connectivity index (χ0) is 17.9. The first-order valence-electron chi connectivity index (χ1n) is 9.03. The molecule has 1 fully saturated rings. The number of piperazine rings is 1. The van der Waals surface area contributed by atoms with Gasteiger partial charge in [-0.3, -0.25) is 9.69 Å². The van der Waals surface area contributed by atoms with Crippen molar-refractivity contribution in [1.82, 2.24) is 9.88 Å². The molecule has 0 bridgehead atoms. The Kier molecular flexibility index (Phi) is 4.96. The Morgan fingerprint density at radius 1 is 1.00 bits per heavy atom. The van der Waals surface area contributed by atoms with Crippen molar-refractivity contribution in [2.24, 2.45) is 0 Å². The summed E-state index contributed by atoms with van der Waals surface area (Å²) >= 11 is 6.30. The minimum atomic E-state index is 0.205. The molecule has 0 spiro atoms. The zero-order valence-corrected chi connectivity index (χ0v) is 15.4. The number of hydrogen-bond acceptors (Lipinski definition) is 3. The lowest BCUT2D eigenvalue weighted by atomic mass is 10.1. The minimum Gasteiger partial charge on any atom is -0.368 e. The van der Waals surface area contributed by atoms with Crippen molar-refractivity contribution >= 4 is 34.0 Å². The van der Waals surface area contributed by atoms with Crippen LogP contribution in [0.15, 0.2) is 54.7 Å². The van der Waals surface area contributed by atoms with Gasteiger partial charge >= 0.3 is 0 Å². The number of fused-ring (bicyclic) bond motifs is 1. The minimum absolute atomic E-state index is 0.205. The highest BCUT2D eigenvalue weighted by Crippen LogP contribution is 2.26. The van der Waals surface area contributed by atoms with Crippen LogP contribution < -0.4 is 4.90 Å². The number of Topliss-reactive ketones (excluding diaryl/α,β-unsaturated/α-hetero) is 1. The summed E-state index contributed by atoms with van der Waals surface area (Å²) in [5, 5.41) is 1.82. The van der Waals surface area contributed by atoms with E-state index in [0.717, 1.165) is 59.9 Å². The molecule has 0 amide bonds. The van der Waals surface area contributed by atoms with Crippen LogP contribution in [0.3, 0.4) is 0 Å². The van der Waals surface area contributed by atoms with Gasteiger partial charge in [0.2, 0.25) is 0 Å². The van der Waals surface area contributed by atoms with Gasteiger partial charge < -0.3 is 9.88 Å². The number of rotatable bonds is 5. The standard InChI is InChI=1S/C21H22ClN3O/c22-18-6-2-4-8-20(18)25-13-11-24(12-14-25)10-9-21(26)17-15-23-19-7-3-1-5-16(17)19/h1-8,15,23H,9-14H2. The van der Waals surface area contributed by atoms with Gasteiger partial charge in [0.25, 0.3) is 0 Å². The second-order valence-corrected chi connectivity index (χ2v) is 7.11. The number of nitrogens with zero attached hydrogens (tertiary/aromatic N) is 2. The van der Waals surface area contributed by atoms with Gasteiger partial charge in [-0.2, -0.15) is 0 Å². The number of H-pyrrole nitrogens is 1. The predicted molar refractivity (Wildman–Crippen MR) is 107 cm³/mol. The van der Waals surface area contributed by atoms with Crippen LogP contribution in [0.4, 0.5) is 5.69 Å². The van der Waals surface area contributed by atoms with E-state index >= 15 is 0 Å². The third-order valence-corrected chi connectivity index (χ3v) is 5.43. The molecule has 1 aromatic heterocycles. The summed E-state index contributed by atoms with van der Waals surface area (Å²) in [5.74, 6) is 0.205. The number of aromatic nitrogens is 1. The summed E-state index contributed by atoms with van der Waals surface area (Å²) in [6.07, 6.45) is 2.39. The first-order chi connectivity index (χ1) is 12.7. The van der Waals surface area contributed by atoms with Crippen molar-refractivity contribution in [1.29, 1.82) is 0 Å². The molecule has 26 heavy (non-hydrogen) atoms. The molecule has 0 aliphatic carbocycles. The van der Waals surface area contributed by atoms with Gasteiger partial charge in [0.05, 0.1) is 10.7 Å². The van der Waals surface area contributed by atoms with E-state index in [1.807, 2.05) is 48.7 Å². The SMILES string of the molecule is O=C(CCN1CCN(c2ccccc2Cl)CC1)c1c[nH]c2ccccc12. The summed E-state index contributed by atoms with van der Waals surface area (Å²) in [6, 6.07) is 15.9. The average molecular weight is 368 g/mol. The highest BCUT2D eigenvalue weighted by Gasteiger charge is 2.20. The molecular weight excluding hydrogens is 346 g/mol. The van der Waals surface area contributed by atoms with Crippen LogP contribution in [0.5, 0.6) is 0 Å². The summed E-state index contributed by atoms with van der Waals surface area (Å²) < 4.78 is 0. The Morgan fingerprint density at radius 3 is 2.54 bits per heavy atom. The van der Waals surface area contributed by atoms with Crippen molar-refractivity contribution in [3.05, 3.63) is 65.3 Å². The largest absolute Gasteiger partial charge is 0.368 e. The van der Waals surface area contributed by atoms with Crippen molar-refractivity contribution in [3.8, 4) is 0 Å². The first kappa shape index (κ1) is 17.1. The molecule has 0 saturated carbocycles. The molecule has 1 saturated heterocycles. The normalized spacial score (nSPS) is 15.5. The monoisotopic (exact) mass is 367 g/mol. The molecule has 1 N–H and O–H groups in total. The molecule has 5 heteroatoms. The van der Waals surface area contributed by atoms with Crippen LogP contribution in [0, 0.1) is 0 Å². The van der Waals surface area contributed by atoms with Crippen molar-refractivity contribution < 1.29 is 4.79 Å². The molecule has 1 aliphatic rings. The number of hydrogen-bond donors (Lipinski definition) is 1. The lowest BCUT2D eigenvalue weighted by Gasteiger charge is -2.36. The van der Waals surface area contributed by atoms with Crippen LogP contribution >= 0.6 is 11.6 Å². The van der Waals surface area contributed by atoms with Crippen LogP contribution in [0.1, 0.15) is 16.8 Å². The summed E-state index contributed by atoms with van der Waals surface area (Å²) in [7, 11) is 0. The number of aromatic amines is 1. The molecule has 0 radical (unpaired) electrons. The molecule has 0 unspecified atom stereocenters. The zero-order valence-electron chi connectivity index (χ0n) is 14.6. The lowest BCUT2D eigenvalue weighted by Crippen LogP contribution is -2.47. The van der Waals surface area contributed by atoms with Crippen LogP contribution in [0.2, 0.25) is 5.02 Å². The van der Waals surface area contributed by atoms with E-state index in [-0.39, 0.29) is 5.78 Å². The fraction of sp³-hybridized carbons (Fsp3) is 0.286. The number of para-hydroxylation sites is 2. The van der Waals surface area contributed by atoms with Gasteiger partial charge in [-0.15, -0.1) is 0 Å². The molecule has 4 rings (SSSR count). The van der Waals surface area contributed by atoms with Crippen LogP contribution in [0.25, 0.3) is 10.9 Å². The number of benzene rings is 2. The number of ketones is 1. The summed E-state index contributed by atoms with van der Waals surface area (Å²) in [5.41, 5.74) is 2.92. The third kappa shape index (κ3) is 3.48. The number of nitrogens with one attached hydrogen (secondary N) is 1. The maximum atomic E-state index is 12.6. The third-order valence-electron chi connectivity index (χ3n) is 5.11. The van der Waals surface area contributed by atoms with E-state index in [1.54, 1.807) is 0 Å². The topological polar surface area (TPSA) is 39.3 Å². The molecule has 3 aromatic rings. The molecular formula is C21H22ClN3O. The molecule has 4 nitrogen and oxygen atoms in total. The molecule has 134 valence electrons. The maximum absolute atomic E-state index is 12.6. The van der Waals surface area contributed by atoms with Gasteiger partial charge in [0.15, 0.2) is 5.78 Å². The molecule has 0 atom stereocenters. The van der Waals surface area contributed by atoms with E-state index < -0.39 is 0 Å². The quantitative estimate of drug-likeness (QED) is 0.686. The Balaban J connectivity index is 1.32. The highest BCUT2D eigenvalue weighted by atomic mass is 35.5. The predicted octanol–water partition coefficient (Wildman–Crippen LogP) is 4.22. The summed E-state index contributed by atoms with van der Waals surface area (Å²) in [6.45, 7) is 4.57. The lowest BCUT2D eigenvalue weighted by molar-refractivity contribution is 0.0964. The van der Waals surface area contributed by atoms with Crippen molar-refractivity contribution in [2.75, 3.05) is 37.6 Å². The van der Waals surface area contributed by atoms with E-state index in [2.05, 4.69) is 20.9 Å². The van der Waals surface area contributed by atoms with E-state index in [4.69, 9.17) is 11.6 Å². The second kappa shape index (κ2) is 7.52. The molecule has 2 aromatic carbocycles. The smallest absolute Gasteiger partial charge is 0.166 e. The fourth-order valence-electron chi connectivity index (χ4n) is 3.62. The summed E-state index contributed by atoms with van der Waals surface area (Å²) in [4.78, 5) is 20.5. The Bertz CT molecular complexity index is 912. The second-order valence-electron chi connectivity index (χ2n) is 6.70. The Morgan fingerprint density at radius 2 is 1.73 bits per heavy atom. The number of halogens is 1.